The Hall–Kier alpha value is -2.62. The fraction of sp³-hybridized carbons (Fsp3) is 0.167. The molecule has 0 aromatic heterocycles. The minimum Gasteiger partial charge on any atom is -0.483 e. The summed E-state index contributed by atoms with van der Waals surface area (Å²) in [5.41, 5.74) is 1.21. The second kappa shape index (κ2) is 4.98. The third-order valence-corrected chi connectivity index (χ3v) is 3.55. The average Bonchev–Trinajstić information content (AvgIpc) is 2.45. The minimum atomic E-state index is -1.03. The first-order chi connectivity index (χ1) is 10.4. The number of carboxylic acid groups (broad SMARTS) is 1. The number of carbonyl (C=O) groups is 1. The van der Waals surface area contributed by atoms with Gasteiger partial charge in [0.1, 0.15) is 17.2 Å². The third-order valence-electron chi connectivity index (χ3n) is 3.55. The lowest BCUT2D eigenvalue weighted by atomic mass is 9.89. The van der Waals surface area contributed by atoms with E-state index in [0.29, 0.717) is 22.4 Å². The molecular weight excluding hydrogens is 283 g/mol. The van der Waals surface area contributed by atoms with Crippen LogP contribution in [0.2, 0.25) is 0 Å². The fourth-order valence-corrected chi connectivity index (χ4v) is 2.60. The first kappa shape index (κ1) is 14.3. The standard InChI is InChI=1S/C18H15FO3/c1-18(2)10-14(12-5-3-4-6-15(12)19)13-9-11(17(20)21)7-8-16(13)22-18/h3-10H,1-2H3,(H,20,21). The van der Waals surface area contributed by atoms with Crippen LogP contribution in [0.25, 0.3) is 5.57 Å². The Kier molecular flexibility index (Phi) is 3.24. The van der Waals surface area contributed by atoms with Crippen molar-refractivity contribution in [3.05, 3.63) is 71.0 Å². The van der Waals surface area contributed by atoms with Crippen molar-refractivity contribution in [3.8, 4) is 5.75 Å². The molecule has 3 nitrogen and oxygen atoms in total. The highest BCUT2D eigenvalue weighted by Crippen LogP contribution is 2.40. The molecule has 0 saturated heterocycles. The number of ether oxygens (including phenoxy) is 1. The average molecular weight is 298 g/mol. The van der Waals surface area contributed by atoms with Crippen molar-refractivity contribution in [2.75, 3.05) is 0 Å². The molecule has 0 amide bonds. The van der Waals surface area contributed by atoms with Crippen LogP contribution in [-0.4, -0.2) is 16.7 Å². The zero-order chi connectivity index (χ0) is 15.9. The molecule has 0 radical (unpaired) electrons. The highest BCUT2D eigenvalue weighted by atomic mass is 19.1. The van der Waals surface area contributed by atoms with Crippen LogP contribution in [0, 0.1) is 5.82 Å². The van der Waals surface area contributed by atoms with E-state index >= 15 is 0 Å². The van der Waals surface area contributed by atoms with E-state index in [-0.39, 0.29) is 11.4 Å². The van der Waals surface area contributed by atoms with E-state index in [1.807, 2.05) is 19.9 Å². The molecule has 0 aliphatic carbocycles. The number of halogens is 1. The Morgan fingerprint density at radius 3 is 2.55 bits per heavy atom. The Balaban J connectivity index is 2.25. The number of fused-ring (bicyclic) bond motifs is 1. The highest BCUT2D eigenvalue weighted by molar-refractivity contribution is 5.92. The van der Waals surface area contributed by atoms with Crippen LogP contribution in [0.5, 0.6) is 5.75 Å². The molecule has 0 fully saturated rings. The van der Waals surface area contributed by atoms with Crippen molar-refractivity contribution in [1.29, 1.82) is 0 Å². The molecule has 22 heavy (non-hydrogen) atoms. The maximum atomic E-state index is 14.2. The summed E-state index contributed by atoms with van der Waals surface area (Å²) in [7, 11) is 0. The summed E-state index contributed by atoms with van der Waals surface area (Å²) in [5, 5.41) is 9.17. The maximum Gasteiger partial charge on any atom is 0.335 e. The Morgan fingerprint density at radius 2 is 1.86 bits per heavy atom. The summed E-state index contributed by atoms with van der Waals surface area (Å²) in [4.78, 5) is 11.2. The van der Waals surface area contributed by atoms with Gasteiger partial charge in [0, 0.05) is 11.1 Å². The van der Waals surface area contributed by atoms with Crippen LogP contribution in [-0.2, 0) is 0 Å². The third kappa shape index (κ3) is 2.48. The van der Waals surface area contributed by atoms with Gasteiger partial charge in [0.05, 0.1) is 5.56 Å². The van der Waals surface area contributed by atoms with E-state index in [0.717, 1.165) is 0 Å². The van der Waals surface area contributed by atoms with Gasteiger partial charge in [-0.1, -0.05) is 18.2 Å². The monoisotopic (exact) mass is 298 g/mol. The lowest BCUT2D eigenvalue weighted by Gasteiger charge is -2.31. The van der Waals surface area contributed by atoms with E-state index < -0.39 is 11.6 Å². The molecule has 3 rings (SSSR count). The molecule has 0 unspecified atom stereocenters. The van der Waals surface area contributed by atoms with Gasteiger partial charge in [-0.2, -0.15) is 0 Å². The maximum absolute atomic E-state index is 14.2. The first-order valence-electron chi connectivity index (χ1n) is 6.92. The molecule has 1 aliphatic heterocycles. The summed E-state index contributed by atoms with van der Waals surface area (Å²) in [6.07, 6.45) is 1.82. The molecule has 2 aromatic carbocycles. The normalized spacial score (nSPS) is 15.5. The second-order valence-corrected chi connectivity index (χ2v) is 5.76. The Labute approximate surface area is 127 Å². The molecule has 4 heteroatoms. The molecule has 1 aliphatic rings. The molecular formula is C18H15FO3. The first-order valence-corrected chi connectivity index (χ1v) is 6.92. The van der Waals surface area contributed by atoms with Crippen molar-refractivity contribution in [3.63, 3.8) is 0 Å². The van der Waals surface area contributed by atoms with E-state index in [1.165, 1.54) is 18.2 Å². The lowest BCUT2D eigenvalue weighted by molar-refractivity contribution is 0.0696. The molecule has 0 saturated carbocycles. The Morgan fingerprint density at radius 1 is 1.14 bits per heavy atom. The van der Waals surface area contributed by atoms with Gasteiger partial charge >= 0.3 is 5.97 Å². The Bertz CT molecular complexity index is 791. The lowest BCUT2D eigenvalue weighted by Crippen LogP contribution is -2.29. The van der Waals surface area contributed by atoms with Crippen LogP contribution < -0.4 is 4.74 Å². The fourth-order valence-electron chi connectivity index (χ4n) is 2.60. The van der Waals surface area contributed by atoms with Gasteiger partial charge in [-0.3, -0.25) is 0 Å². The van der Waals surface area contributed by atoms with Crippen molar-refractivity contribution < 1.29 is 19.0 Å². The van der Waals surface area contributed by atoms with Crippen LogP contribution in [0.15, 0.2) is 48.5 Å². The largest absolute Gasteiger partial charge is 0.483 e. The number of benzene rings is 2. The molecule has 1 N–H and O–H groups in total. The number of aromatic carboxylic acids is 1. The minimum absolute atomic E-state index is 0.143. The van der Waals surface area contributed by atoms with Crippen molar-refractivity contribution >= 4 is 11.5 Å². The van der Waals surface area contributed by atoms with Gasteiger partial charge in [0.15, 0.2) is 0 Å². The van der Waals surface area contributed by atoms with Crippen LogP contribution in [0.4, 0.5) is 4.39 Å². The number of hydrogen-bond acceptors (Lipinski definition) is 2. The van der Waals surface area contributed by atoms with Crippen molar-refractivity contribution in [2.24, 2.45) is 0 Å². The quantitative estimate of drug-likeness (QED) is 0.907. The van der Waals surface area contributed by atoms with Crippen LogP contribution in [0.3, 0.4) is 0 Å². The SMILES string of the molecule is CC1(C)C=C(c2ccccc2F)c2cc(C(=O)O)ccc2O1. The smallest absolute Gasteiger partial charge is 0.335 e. The number of rotatable bonds is 2. The van der Waals surface area contributed by atoms with Gasteiger partial charge in [-0.05, 0) is 49.8 Å². The number of carboxylic acids is 1. The van der Waals surface area contributed by atoms with Crippen LogP contribution in [0.1, 0.15) is 35.3 Å². The van der Waals surface area contributed by atoms with Crippen molar-refractivity contribution in [1.82, 2.24) is 0 Å². The van der Waals surface area contributed by atoms with Gasteiger partial charge in [0.2, 0.25) is 0 Å². The zero-order valence-electron chi connectivity index (χ0n) is 12.3. The molecule has 2 aromatic rings. The molecule has 0 spiro atoms. The second-order valence-electron chi connectivity index (χ2n) is 5.76. The highest BCUT2D eigenvalue weighted by Gasteiger charge is 2.28. The summed E-state index contributed by atoms with van der Waals surface area (Å²) < 4.78 is 20.0. The summed E-state index contributed by atoms with van der Waals surface area (Å²) in [6, 6.07) is 11.1. The van der Waals surface area contributed by atoms with Gasteiger partial charge in [0.25, 0.3) is 0 Å². The van der Waals surface area contributed by atoms with Crippen molar-refractivity contribution in [2.45, 2.75) is 19.4 Å². The molecule has 0 atom stereocenters. The van der Waals surface area contributed by atoms with E-state index in [2.05, 4.69) is 0 Å². The van der Waals surface area contributed by atoms with E-state index in [9.17, 15) is 9.18 Å². The molecule has 0 bridgehead atoms. The number of hydrogen-bond donors (Lipinski definition) is 1. The summed E-state index contributed by atoms with van der Waals surface area (Å²) in [5.74, 6) is -0.825. The molecule has 1 heterocycles. The summed E-state index contributed by atoms with van der Waals surface area (Å²) in [6.45, 7) is 3.75. The van der Waals surface area contributed by atoms with Gasteiger partial charge in [-0.15, -0.1) is 0 Å². The van der Waals surface area contributed by atoms with Crippen LogP contribution >= 0.6 is 0 Å². The summed E-state index contributed by atoms with van der Waals surface area (Å²) >= 11 is 0. The molecule has 112 valence electrons. The predicted octanol–water partition coefficient (Wildman–Crippen LogP) is 4.13. The van der Waals surface area contributed by atoms with Gasteiger partial charge in [-0.25, -0.2) is 9.18 Å². The predicted molar refractivity (Wildman–Crippen MR) is 81.6 cm³/mol. The topological polar surface area (TPSA) is 46.5 Å². The van der Waals surface area contributed by atoms with Gasteiger partial charge < -0.3 is 9.84 Å². The van der Waals surface area contributed by atoms with E-state index in [1.54, 1.807) is 24.3 Å². The zero-order valence-corrected chi connectivity index (χ0v) is 12.3. The van der Waals surface area contributed by atoms with E-state index in [4.69, 9.17) is 9.84 Å².